The van der Waals surface area contributed by atoms with Crippen LogP contribution in [0, 0.1) is 0 Å². The van der Waals surface area contributed by atoms with Gasteiger partial charge >= 0.3 is 30.3 Å². The highest BCUT2D eigenvalue weighted by molar-refractivity contribution is 5.82. The molecule has 40 heavy (non-hydrogen) atoms. The lowest BCUT2D eigenvalue weighted by molar-refractivity contribution is -0.145. The van der Waals surface area contributed by atoms with Crippen LogP contribution in [-0.4, -0.2) is 86.1 Å². The molecule has 0 spiro atoms. The number of carbonyl (C=O) groups is 5. The Morgan fingerprint density at radius 1 is 0.750 bits per heavy atom. The van der Waals surface area contributed by atoms with E-state index in [4.69, 9.17) is 24.1 Å². The number of aliphatic hydroxyl groups is 1. The molecular weight excluding hydrogens is 532 g/mol. The van der Waals surface area contributed by atoms with Gasteiger partial charge in [0.1, 0.15) is 24.4 Å². The third-order valence-corrected chi connectivity index (χ3v) is 4.10. The summed E-state index contributed by atoms with van der Waals surface area (Å²) >= 11 is 0. The van der Waals surface area contributed by atoms with Gasteiger partial charge in [-0.3, -0.25) is 0 Å². The average Bonchev–Trinajstić information content (AvgIpc) is 2.86. The molecule has 0 aliphatic carbocycles. The number of hydrogen-bond acceptors (Lipinski definition) is 12. The molecule has 2 amide bonds. The van der Waals surface area contributed by atoms with E-state index >= 15 is 0 Å². The van der Waals surface area contributed by atoms with Crippen molar-refractivity contribution < 1.29 is 57.5 Å². The first-order valence-corrected chi connectivity index (χ1v) is 12.1. The molecule has 2 unspecified atom stereocenters. The highest BCUT2D eigenvalue weighted by atomic mass is 16.7. The number of amides is 2. The van der Waals surface area contributed by atoms with Crippen molar-refractivity contribution in [2.45, 2.75) is 71.4 Å². The topological polar surface area (TPSA) is 185 Å². The second-order valence-corrected chi connectivity index (χ2v) is 9.96. The molecule has 2 atom stereocenters. The summed E-state index contributed by atoms with van der Waals surface area (Å²) in [4.78, 5) is 57.2. The Kier molecular flexibility index (Phi) is 15.7. The van der Waals surface area contributed by atoms with Crippen molar-refractivity contribution in [3.8, 4) is 0 Å². The summed E-state index contributed by atoms with van der Waals surface area (Å²) < 4.78 is 28.6. The van der Waals surface area contributed by atoms with Crippen molar-refractivity contribution in [3.63, 3.8) is 0 Å². The molecular formula is C26H40N2O12. The van der Waals surface area contributed by atoms with Crippen LogP contribution in [0.3, 0.4) is 0 Å². The van der Waals surface area contributed by atoms with Gasteiger partial charge in [0.25, 0.3) is 0 Å². The number of benzene rings is 1. The van der Waals surface area contributed by atoms with Crippen LogP contribution in [0.4, 0.5) is 14.4 Å². The van der Waals surface area contributed by atoms with Gasteiger partial charge in [0.05, 0.1) is 20.8 Å². The molecule has 226 valence electrons. The number of carbonyl (C=O) groups excluding carboxylic acids is 5. The Bertz CT molecular complexity index is 955. The molecule has 0 bridgehead atoms. The van der Waals surface area contributed by atoms with Crippen molar-refractivity contribution in [2.24, 2.45) is 0 Å². The van der Waals surface area contributed by atoms with E-state index in [0.29, 0.717) is 0 Å². The second kappa shape index (κ2) is 17.5. The fourth-order valence-corrected chi connectivity index (χ4v) is 2.44. The number of methoxy groups -OCH3 is 2. The zero-order chi connectivity index (χ0) is 30.9. The van der Waals surface area contributed by atoms with E-state index in [2.05, 4.69) is 20.1 Å². The Morgan fingerprint density at radius 2 is 1.20 bits per heavy atom. The van der Waals surface area contributed by atoms with Gasteiger partial charge in [0.2, 0.25) is 0 Å². The van der Waals surface area contributed by atoms with E-state index in [9.17, 15) is 24.0 Å². The summed E-state index contributed by atoms with van der Waals surface area (Å²) in [6.07, 6.45) is -2.57. The van der Waals surface area contributed by atoms with E-state index in [1.165, 1.54) is 7.11 Å². The quantitative estimate of drug-likeness (QED) is 0.290. The molecule has 0 aliphatic heterocycles. The van der Waals surface area contributed by atoms with Crippen LogP contribution in [0.15, 0.2) is 30.3 Å². The molecule has 0 fully saturated rings. The minimum atomic E-state index is -1.20. The van der Waals surface area contributed by atoms with Crippen molar-refractivity contribution in [1.29, 1.82) is 0 Å². The maximum atomic E-state index is 11.7. The van der Waals surface area contributed by atoms with E-state index in [-0.39, 0.29) is 6.61 Å². The molecule has 0 radical (unpaired) electrons. The van der Waals surface area contributed by atoms with Crippen molar-refractivity contribution in [2.75, 3.05) is 27.4 Å². The number of nitrogens with one attached hydrogen (secondary N) is 2. The van der Waals surface area contributed by atoms with Crippen LogP contribution in [-0.2, 0) is 44.6 Å². The minimum absolute atomic E-state index is 0.0298. The summed E-state index contributed by atoms with van der Waals surface area (Å²) in [6, 6.07) is 6.73. The number of hydrogen-bond donors (Lipinski definition) is 3. The van der Waals surface area contributed by atoms with Gasteiger partial charge in [0, 0.05) is 0 Å². The molecule has 0 aromatic heterocycles. The molecule has 1 aromatic rings. The molecule has 0 saturated carbocycles. The van der Waals surface area contributed by atoms with Gasteiger partial charge in [-0.25, -0.2) is 24.0 Å². The highest BCUT2D eigenvalue weighted by Gasteiger charge is 2.27. The summed E-state index contributed by atoms with van der Waals surface area (Å²) in [5.41, 5.74) is -0.601. The van der Waals surface area contributed by atoms with Crippen LogP contribution in [0.1, 0.15) is 47.1 Å². The normalized spacial score (nSPS) is 12.2. The average molecular weight is 573 g/mol. The predicted octanol–water partition coefficient (Wildman–Crippen LogP) is 2.45. The van der Waals surface area contributed by atoms with Crippen molar-refractivity contribution in [3.05, 3.63) is 35.9 Å². The summed E-state index contributed by atoms with van der Waals surface area (Å²) in [6.45, 7) is 9.16. The fraction of sp³-hybridized carbons (Fsp3) is 0.577. The van der Waals surface area contributed by atoms with Crippen molar-refractivity contribution >= 4 is 30.3 Å². The van der Waals surface area contributed by atoms with Crippen LogP contribution >= 0.6 is 0 Å². The van der Waals surface area contributed by atoms with Gasteiger partial charge < -0.3 is 44.2 Å². The third kappa shape index (κ3) is 17.4. The van der Waals surface area contributed by atoms with Crippen molar-refractivity contribution in [1.82, 2.24) is 10.6 Å². The van der Waals surface area contributed by atoms with E-state index in [1.54, 1.807) is 53.7 Å². The van der Waals surface area contributed by atoms with Gasteiger partial charge in [-0.15, -0.1) is 0 Å². The number of esters is 2. The maximum absolute atomic E-state index is 11.7. The summed E-state index contributed by atoms with van der Waals surface area (Å²) in [5, 5.41) is 13.3. The van der Waals surface area contributed by atoms with Crippen LogP contribution in [0.25, 0.3) is 0 Å². The Hall–Kier alpha value is -4.07. The molecule has 1 rings (SSSR count). The Morgan fingerprint density at radius 3 is 1.62 bits per heavy atom. The molecule has 0 aliphatic rings. The van der Waals surface area contributed by atoms with Crippen LogP contribution in [0.2, 0.25) is 0 Å². The van der Waals surface area contributed by atoms with Gasteiger partial charge in [-0.1, -0.05) is 30.3 Å². The maximum Gasteiger partial charge on any atom is 0.508 e. The first kappa shape index (κ1) is 35.9. The van der Waals surface area contributed by atoms with Crippen LogP contribution in [0.5, 0.6) is 0 Å². The monoisotopic (exact) mass is 572 g/mol. The smallest absolute Gasteiger partial charge is 0.467 e. The van der Waals surface area contributed by atoms with Gasteiger partial charge in [0.15, 0.2) is 12.1 Å². The predicted molar refractivity (Wildman–Crippen MR) is 140 cm³/mol. The highest BCUT2D eigenvalue weighted by Crippen LogP contribution is 2.08. The first-order valence-electron chi connectivity index (χ1n) is 12.1. The third-order valence-electron chi connectivity index (χ3n) is 4.10. The number of rotatable bonds is 9. The zero-order valence-corrected chi connectivity index (χ0v) is 24.1. The second-order valence-electron chi connectivity index (χ2n) is 9.96. The standard InChI is InChI=1S/C17H23NO7.C9H17NO5/c1-17(2,3)25-15(20)18-13(14(19)22-4)11-24-16(21)23-10-12-8-6-5-7-9-12;1-9(2,3)15-8(13)10-6(5-11)7(12)14-4/h5-9,13H,10-11H2,1-4H3,(H,18,20);6,11H,5H2,1-4H3,(H,10,13). The first-order chi connectivity index (χ1) is 18.5. The van der Waals surface area contributed by atoms with Gasteiger partial charge in [-0.2, -0.15) is 0 Å². The Balaban J connectivity index is 0.000000868. The number of aliphatic hydroxyl groups excluding tert-OH is 1. The summed E-state index contributed by atoms with van der Waals surface area (Å²) in [7, 11) is 2.32. The number of alkyl carbamates (subject to hydrolysis) is 2. The minimum Gasteiger partial charge on any atom is -0.467 e. The molecule has 14 nitrogen and oxygen atoms in total. The van der Waals surface area contributed by atoms with Gasteiger partial charge in [-0.05, 0) is 47.1 Å². The van der Waals surface area contributed by atoms with Crippen LogP contribution < -0.4 is 10.6 Å². The van der Waals surface area contributed by atoms with E-state index in [0.717, 1.165) is 12.7 Å². The molecule has 3 N–H and O–H groups in total. The fourth-order valence-electron chi connectivity index (χ4n) is 2.44. The SMILES string of the molecule is COC(=O)C(CO)NC(=O)OC(C)(C)C.COC(=O)C(COC(=O)OCc1ccccc1)NC(=O)OC(C)(C)C. The molecule has 14 heteroatoms. The number of ether oxygens (including phenoxy) is 6. The lowest BCUT2D eigenvalue weighted by atomic mass is 10.2. The lowest BCUT2D eigenvalue weighted by Crippen LogP contribution is -2.47. The summed E-state index contributed by atoms with van der Waals surface area (Å²) in [5.74, 6) is -1.50. The zero-order valence-electron chi connectivity index (χ0n) is 24.1. The van der Waals surface area contributed by atoms with E-state index in [1.807, 2.05) is 18.2 Å². The largest absolute Gasteiger partial charge is 0.508 e. The molecule has 0 heterocycles. The lowest BCUT2D eigenvalue weighted by Gasteiger charge is -2.22. The Labute approximate surface area is 233 Å². The molecule has 0 saturated heterocycles. The molecule has 1 aromatic carbocycles. The van der Waals surface area contributed by atoms with E-state index < -0.39 is 66.8 Å².